The van der Waals surface area contributed by atoms with Crippen molar-refractivity contribution in [2.45, 2.75) is 161 Å². The molecule has 10 heteroatoms. The molecule has 0 radical (unpaired) electrons. The minimum absolute atomic E-state index is 0.0361. The maximum atomic E-state index is 12.6. The largest absolute Gasteiger partial charge is 0.472 e. The summed E-state index contributed by atoms with van der Waals surface area (Å²) in [7, 11) is -2.69. The van der Waals surface area contributed by atoms with Crippen molar-refractivity contribution in [1.82, 2.24) is 5.32 Å². The summed E-state index contributed by atoms with van der Waals surface area (Å²) in [5.74, 6) is -0.922. The number of phosphoric ester groups is 1. The quantitative estimate of drug-likeness (QED) is 0.0271. The number of nitrogens with one attached hydrogen (secondary N) is 1. The molecular weight excluding hydrogens is 725 g/mol. The van der Waals surface area contributed by atoms with E-state index >= 15 is 0 Å². The summed E-state index contributed by atoms with van der Waals surface area (Å²) in [6, 6.07) is 0. The van der Waals surface area contributed by atoms with E-state index in [2.05, 4.69) is 92.1 Å². The van der Waals surface area contributed by atoms with E-state index in [0.29, 0.717) is 19.4 Å². The molecule has 0 bridgehead atoms. The molecule has 9 nitrogen and oxygen atoms in total. The van der Waals surface area contributed by atoms with Gasteiger partial charge in [0.1, 0.15) is 6.61 Å². The van der Waals surface area contributed by atoms with Gasteiger partial charge < -0.3 is 19.7 Å². The number of allylic oxidation sites excluding steroid dienone is 14. The first-order chi connectivity index (χ1) is 27.3. The van der Waals surface area contributed by atoms with Gasteiger partial charge >= 0.3 is 19.8 Å². The average Bonchev–Trinajstić information content (AvgIpc) is 3.18. The molecule has 0 aromatic carbocycles. The summed E-state index contributed by atoms with van der Waals surface area (Å²) in [6.45, 7) is 3.99. The van der Waals surface area contributed by atoms with Gasteiger partial charge in [-0.1, -0.05) is 150 Å². The number of carbonyl (C=O) groups is 2. The number of carbonyl (C=O) groups excluding carboxylic acids is 2. The summed E-state index contributed by atoms with van der Waals surface area (Å²) in [6.07, 6.45) is 50.7. The lowest BCUT2D eigenvalue weighted by Gasteiger charge is -2.19. The van der Waals surface area contributed by atoms with Crippen molar-refractivity contribution in [2.24, 2.45) is 0 Å². The number of likely N-dealkylation sites (N-methyl/N-ethyl adjacent to an activating group) is 1. The summed E-state index contributed by atoms with van der Waals surface area (Å²) < 4.78 is 33.1. The maximum absolute atomic E-state index is 12.6. The average molecular weight is 804 g/mol. The second kappa shape index (κ2) is 41.8. The van der Waals surface area contributed by atoms with E-state index in [1.54, 1.807) is 7.05 Å². The fourth-order valence-electron chi connectivity index (χ4n) is 5.28. The van der Waals surface area contributed by atoms with E-state index < -0.39 is 32.5 Å². The lowest BCUT2D eigenvalue weighted by Crippen LogP contribution is -2.29. The summed E-state index contributed by atoms with van der Waals surface area (Å²) in [4.78, 5) is 35.0. The van der Waals surface area contributed by atoms with Crippen LogP contribution >= 0.6 is 7.82 Å². The van der Waals surface area contributed by atoms with E-state index in [1.807, 2.05) is 12.2 Å². The van der Waals surface area contributed by atoms with Gasteiger partial charge in [0.05, 0.1) is 13.2 Å². The van der Waals surface area contributed by atoms with Crippen molar-refractivity contribution >= 4 is 19.8 Å². The van der Waals surface area contributed by atoms with Gasteiger partial charge in [-0.25, -0.2) is 4.57 Å². The van der Waals surface area contributed by atoms with Crippen molar-refractivity contribution in [3.63, 3.8) is 0 Å². The third-order valence-corrected chi connectivity index (χ3v) is 9.50. The van der Waals surface area contributed by atoms with Crippen LogP contribution in [0.15, 0.2) is 85.1 Å². The van der Waals surface area contributed by atoms with Crippen molar-refractivity contribution < 1.29 is 37.6 Å². The zero-order chi connectivity index (χ0) is 41.1. The Hall–Kier alpha value is -2.81. The number of phosphoric acid groups is 1. The first-order valence-corrected chi connectivity index (χ1v) is 23.0. The number of esters is 2. The smallest absolute Gasteiger partial charge is 0.462 e. The monoisotopic (exact) mass is 804 g/mol. The minimum Gasteiger partial charge on any atom is -0.462 e. The van der Waals surface area contributed by atoms with Gasteiger partial charge in [0.25, 0.3) is 0 Å². The van der Waals surface area contributed by atoms with Crippen LogP contribution in [-0.2, 0) is 32.7 Å². The summed E-state index contributed by atoms with van der Waals surface area (Å²) in [5, 5.41) is 2.81. The van der Waals surface area contributed by atoms with E-state index in [0.717, 1.165) is 70.6 Å². The second-order valence-electron chi connectivity index (χ2n) is 13.8. The highest BCUT2D eigenvalue weighted by molar-refractivity contribution is 7.47. The molecule has 0 aromatic rings. The van der Waals surface area contributed by atoms with Gasteiger partial charge in [0.15, 0.2) is 6.10 Å². The maximum Gasteiger partial charge on any atom is 0.472 e. The van der Waals surface area contributed by atoms with Gasteiger partial charge in [-0.05, 0) is 84.1 Å². The highest BCUT2D eigenvalue weighted by atomic mass is 31.2. The lowest BCUT2D eigenvalue weighted by atomic mass is 10.1. The number of hydrogen-bond acceptors (Lipinski definition) is 8. The van der Waals surface area contributed by atoms with Crippen LogP contribution in [0.4, 0.5) is 0 Å². The molecule has 0 amide bonds. The zero-order valence-electron chi connectivity index (χ0n) is 35.3. The van der Waals surface area contributed by atoms with Crippen molar-refractivity contribution in [3.8, 4) is 0 Å². The number of ether oxygens (including phenoxy) is 2. The molecule has 0 aromatic heterocycles. The van der Waals surface area contributed by atoms with Crippen LogP contribution in [0.5, 0.6) is 0 Å². The predicted molar refractivity (Wildman–Crippen MR) is 233 cm³/mol. The van der Waals surface area contributed by atoms with Crippen LogP contribution in [0, 0.1) is 0 Å². The Morgan fingerprint density at radius 3 is 1.59 bits per heavy atom. The number of hydrogen-bond donors (Lipinski definition) is 2. The Morgan fingerprint density at radius 1 is 0.571 bits per heavy atom. The highest BCUT2D eigenvalue weighted by Crippen LogP contribution is 2.43. The van der Waals surface area contributed by atoms with E-state index in [1.165, 1.54) is 44.9 Å². The van der Waals surface area contributed by atoms with Gasteiger partial charge in [-0.3, -0.25) is 18.6 Å². The third kappa shape index (κ3) is 40.8. The standard InChI is InChI=1S/C46H78NO8P/c1-4-6-8-10-12-14-16-18-20-21-22-23-25-27-29-31-33-35-37-39-46(49)55-44(43-54-56(50,51)53-41-40-47-3)42-52-45(48)38-36-34-32-30-28-26-24-19-17-15-13-11-9-7-5-2/h6,8,12,14,18-20,22-24,27,29,33,35,44,47H,4-5,7,9-11,13,15-17,21,25-26,28,30-32,34,36-43H2,1-3H3,(H,50,51)/b8-6-,14-12-,20-18-,23-22-,24-19-,29-27-,35-33-. The van der Waals surface area contributed by atoms with Crippen molar-refractivity contribution in [2.75, 3.05) is 33.4 Å². The highest BCUT2D eigenvalue weighted by Gasteiger charge is 2.26. The molecule has 320 valence electrons. The van der Waals surface area contributed by atoms with Crippen LogP contribution in [0.2, 0.25) is 0 Å². The molecule has 0 saturated carbocycles. The van der Waals surface area contributed by atoms with Crippen LogP contribution in [-0.4, -0.2) is 56.3 Å². The summed E-state index contributed by atoms with van der Waals surface area (Å²) >= 11 is 0. The minimum atomic E-state index is -4.38. The van der Waals surface area contributed by atoms with Gasteiger partial charge in [0.2, 0.25) is 0 Å². The Bertz CT molecular complexity index is 1190. The van der Waals surface area contributed by atoms with Crippen molar-refractivity contribution in [1.29, 1.82) is 0 Å². The molecular formula is C46H78NO8P. The molecule has 0 saturated heterocycles. The predicted octanol–water partition coefficient (Wildman–Crippen LogP) is 12.3. The lowest BCUT2D eigenvalue weighted by molar-refractivity contribution is -0.161. The third-order valence-electron chi connectivity index (χ3n) is 8.51. The Labute approximate surface area is 341 Å². The Morgan fingerprint density at radius 2 is 1.05 bits per heavy atom. The number of rotatable bonds is 39. The van der Waals surface area contributed by atoms with Crippen LogP contribution in [0.25, 0.3) is 0 Å². The molecule has 0 fully saturated rings. The van der Waals surface area contributed by atoms with Crippen molar-refractivity contribution in [3.05, 3.63) is 85.1 Å². The first kappa shape index (κ1) is 53.2. The van der Waals surface area contributed by atoms with Gasteiger partial charge in [-0.2, -0.15) is 0 Å². The molecule has 56 heavy (non-hydrogen) atoms. The van der Waals surface area contributed by atoms with Crippen LogP contribution < -0.4 is 5.32 Å². The SMILES string of the molecule is CC/C=C\C/C=C\C/C=C\C/C=C\C/C=C\C/C=C\CCC(=O)OC(COC(=O)CCCCCCC/C=C\CCCCCCCC)COP(=O)(O)OCCNC. The summed E-state index contributed by atoms with van der Waals surface area (Å²) in [5.41, 5.74) is 0. The molecule has 0 aliphatic heterocycles. The number of unbranched alkanes of at least 4 members (excludes halogenated alkanes) is 11. The molecule has 0 spiro atoms. The fourth-order valence-corrected chi connectivity index (χ4v) is 6.03. The topological polar surface area (TPSA) is 120 Å². The van der Waals surface area contributed by atoms with E-state index in [-0.39, 0.29) is 26.1 Å². The molecule has 0 heterocycles. The molecule has 0 rings (SSSR count). The first-order valence-electron chi connectivity index (χ1n) is 21.5. The second-order valence-corrected chi connectivity index (χ2v) is 15.2. The zero-order valence-corrected chi connectivity index (χ0v) is 36.2. The van der Waals surface area contributed by atoms with Crippen LogP contribution in [0.3, 0.4) is 0 Å². The van der Waals surface area contributed by atoms with E-state index in [9.17, 15) is 19.0 Å². The molecule has 2 atom stereocenters. The van der Waals surface area contributed by atoms with Gasteiger partial charge in [-0.15, -0.1) is 0 Å². The molecule has 0 aliphatic rings. The fraction of sp³-hybridized carbons (Fsp3) is 0.652. The van der Waals surface area contributed by atoms with Gasteiger partial charge in [0, 0.05) is 19.4 Å². The molecule has 2 unspecified atom stereocenters. The normalized spacial score (nSPS) is 14.1. The Balaban J connectivity index is 4.39. The van der Waals surface area contributed by atoms with Crippen LogP contribution in [0.1, 0.15) is 155 Å². The van der Waals surface area contributed by atoms with E-state index in [4.69, 9.17) is 18.5 Å². The molecule has 2 N–H and O–H groups in total. The Kier molecular flexibility index (Phi) is 39.7. The molecule has 0 aliphatic carbocycles.